The highest BCUT2D eigenvalue weighted by Gasteiger charge is 2.24. The quantitative estimate of drug-likeness (QED) is 0.801. The van der Waals surface area contributed by atoms with Gasteiger partial charge in [0.15, 0.2) is 0 Å². The predicted octanol–water partition coefficient (Wildman–Crippen LogP) is 3.77. The maximum atomic E-state index is 6.20. The Balaban J connectivity index is 2.56. The third-order valence-corrected chi connectivity index (χ3v) is 4.23. The zero-order chi connectivity index (χ0) is 14.2. The summed E-state index contributed by atoms with van der Waals surface area (Å²) >= 11 is 12.2. The minimum atomic E-state index is 0.0107. The fourth-order valence-electron chi connectivity index (χ4n) is 1.97. The van der Waals surface area contributed by atoms with Crippen LogP contribution in [0.15, 0.2) is 18.2 Å². The van der Waals surface area contributed by atoms with Crippen molar-refractivity contribution in [2.45, 2.75) is 31.8 Å². The molecule has 1 aromatic carbocycles. The maximum Gasteiger partial charge on any atom is 0.124 e. The number of imidazole rings is 1. The number of fused-ring (bicyclic) bond motifs is 1. The maximum absolute atomic E-state index is 6.20. The van der Waals surface area contributed by atoms with Crippen LogP contribution in [-0.4, -0.2) is 34.1 Å². The van der Waals surface area contributed by atoms with Crippen LogP contribution in [0.3, 0.4) is 0 Å². The highest BCUT2D eigenvalue weighted by atomic mass is 35.5. The zero-order valence-electron chi connectivity index (χ0n) is 11.7. The summed E-state index contributed by atoms with van der Waals surface area (Å²) in [7, 11) is 4.15. The number of benzene rings is 1. The summed E-state index contributed by atoms with van der Waals surface area (Å²) in [4.78, 5) is 6.75. The van der Waals surface area contributed by atoms with Gasteiger partial charge in [-0.15, -0.1) is 11.6 Å². The normalized spacial score (nSPS) is 12.6. The van der Waals surface area contributed by atoms with Crippen LogP contribution >= 0.6 is 23.2 Å². The van der Waals surface area contributed by atoms with Gasteiger partial charge in [-0.2, -0.15) is 0 Å². The molecule has 0 aliphatic heterocycles. The van der Waals surface area contributed by atoms with E-state index < -0.39 is 0 Å². The van der Waals surface area contributed by atoms with Gasteiger partial charge in [-0.25, -0.2) is 4.98 Å². The summed E-state index contributed by atoms with van der Waals surface area (Å²) in [5.41, 5.74) is 1.88. The fraction of sp³-hybridized carbons (Fsp3) is 0.500. The Morgan fingerprint density at radius 2 is 2.00 bits per heavy atom. The molecule has 0 fully saturated rings. The minimum absolute atomic E-state index is 0.0107. The summed E-state index contributed by atoms with van der Waals surface area (Å²) in [5, 5.41) is 0.672. The van der Waals surface area contributed by atoms with Crippen LogP contribution in [-0.2, 0) is 12.4 Å². The number of halogens is 2. The molecule has 0 aliphatic rings. The van der Waals surface area contributed by atoms with Crippen LogP contribution in [0.1, 0.15) is 19.7 Å². The number of aromatic nitrogens is 2. The van der Waals surface area contributed by atoms with Gasteiger partial charge in [0.25, 0.3) is 0 Å². The molecule has 0 radical (unpaired) electrons. The summed E-state index contributed by atoms with van der Waals surface area (Å²) in [5.74, 6) is 1.24. The molecule has 0 N–H and O–H groups in total. The number of likely N-dealkylation sites (N-methyl/N-ethyl adjacent to an activating group) is 1. The summed E-state index contributed by atoms with van der Waals surface area (Å²) < 4.78 is 2.16. The number of hydrogen-bond acceptors (Lipinski definition) is 2. The van der Waals surface area contributed by atoms with Gasteiger partial charge in [0.05, 0.1) is 16.4 Å². The lowest BCUT2D eigenvalue weighted by atomic mass is 10.0. The second kappa shape index (κ2) is 5.31. The fourth-order valence-corrected chi connectivity index (χ4v) is 2.38. The topological polar surface area (TPSA) is 21.1 Å². The first kappa shape index (κ1) is 14.6. The predicted molar refractivity (Wildman–Crippen MR) is 82.1 cm³/mol. The molecular formula is C14H19Cl2N3. The molecule has 5 heteroatoms. The van der Waals surface area contributed by atoms with E-state index in [1.165, 1.54) is 0 Å². The molecule has 0 aliphatic carbocycles. The Morgan fingerprint density at radius 3 is 2.58 bits per heavy atom. The van der Waals surface area contributed by atoms with Crippen molar-refractivity contribution in [3.05, 3.63) is 29.0 Å². The Morgan fingerprint density at radius 1 is 1.32 bits per heavy atom. The third kappa shape index (κ3) is 2.73. The van der Waals surface area contributed by atoms with E-state index in [9.17, 15) is 0 Å². The molecule has 104 valence electrons. The van der Waals surface area contributed by atoms with Crippen molar-refractivity contribution in [1.82, 2.24) is 14.5 Å². The molecule has 0 spiro atoms. The van der Waals surface area contributed by atoms with Gasteiger partial charge in [0, 0.05) is 12.1 Å². The average Bonchev–Trinajstić information content (AvgIpc) is 2.68. The van der Waals surface area contributed by atoms with E-state index in [2.05, 4.69) is 42.4 Å². The number of nitrogens with zero attached hydrogens (tertiary/aromatic N) is 3. The summed E-state index contributed by atoms with van der Waals surface area (Å²) in [6.45, 7) is 5.21. The summed E-state index contributed by atoms with van der Waals surface area (Å²) in [6, 6.07) is 5.84. The van der Waals surface area contributed by atoms with E-state index in [1.807, 2.05) is 18.2 Å². The van der Waals surface area contributed by atoms with E-state index >= 15 is 0 Å². The highest BCUT2D eigenvalue weighted by molar-refractivity contribution is 6.35. The summed E-state index contributed by atoms with van der Waals surface area (Å²) in [6.07, 6.45) is 0. The molecule has 1 heterocycles. The molecule has 0 amide bonds. The molecule has 0 saturated carbocycles. The van der Waals surface area contributed by atoms with Gasteiger partial charge in [-0.3, -0.25) is 0 Å². The second-order valence-corrected chi connectivity index (χ2v) is 6.24. The Hall–Kier alpha value is -0.770. The highest BCUT2D eigenvalue weighted by Crippen LogP contribution is 2.27. The molecule has 2 aromatic rings. The van der Waals surface area contributed by atoms with Crippen molar-refractivity contribution >= 4 is 34.2 Å². The van der Waals surface area contributed by atoms with Crippen molar-refractivity contribution < 1.29 is 0 Å². The number of rotatable bonds is 4. The van der Waals surface area contributed by atoms with Crippen molar-refractivity contribution in [3.8, 4) is 0 Å². The van der Waals surface area contributed by atoms with Crippen LogP contribution in [0.5, 0.6) is 0 Å². The van der Waals surface area contributed by atoms with E-state index in [4.69, 9.17) is 23.2 Å². The first-order valence-corrected chi connectivity index (χ1v) is 7.15. The molecular weight excluding hydrogens is 281 g/mol. The van der Waals surface area contributed by atoms with E-state index in [0.717, 1.165) is 23.4 Å². The van der Waals surface area contributed by atoms with Gasteiger partial charge < -0.3 is 9.47 Å². The van der Waals surface area contributed by atoms with E-state index in [-0.39, 0.29) is 5.54 Å². The number of alkyl halides is 1. The SMILES string of the molecule is CN(C)C(C)(C)Cn1c(CCl)nc2c(Cl)cccc21. The lowest BCUT2D eigenvalue weighted by Gasteiger charge is -2.33. The number of para-hydroxylation sites is 1. The first-order chi connectivity index (χ1) is 8.86. The van der Waals surface area contributed by atoms with Crippen molar-refractivity contribution in [2.24, 2.45) is 0 Å². The van der Waals surface area contributed by atoms with Gasteiger partial charge in [-0.1, -0.05) is 17.7 Å². The standard InChI is InChI=1S/C14H19Cl2N3/c1-14(2,18(3)4)9-19-11-7-5-6-10(16)13(11)17-12(19)8-15/h5-7H,8-9H2,1-4H3. The minimum Gasteiger partial charge on any atom is -0.325 e. The molecule has 19 heavy (non-hydrogen) atoms. The third-order valence-electron chi connectivity index (χ3n) is 3.68. The Kier molecular flexibility index (Phi) is 4.09. The van der Waals surface area contributed by atoms with E-state index in [0.29, 0.717) is 10.9 Å². The molecule has 0 bridgehead atoms. The number of hydrogen-bond donors (Lipinski definition) is 0. The molecule has 3 nitrogen and oxygen atoms in total. The largest absolute Gasteiger partial charge is 0.325 e. The van der Waals surface area contributed by atoms with Gasteiger partial charge in [0.2, 0.25) is 0 Å². The lowest BCUT2D eigenvalue weighted by molar-refractivity contribution is 0.170. The van der Waals surface area contributed by atoms with Crippen molar-refractivity contribution in [2.75, 3.05) is 14.1 Å². The zero-order valence-corrected chi connectivity index (χ0v) is 13.3. The molecule has 1 aromatic heterocycles. The van der Waals surface area contributed by atoms with Crippen molar-refractivity contribution in [1.29, 1.82) is 0 Å². The average molecular weight is 300 g/mol. The lowest BCUT2D eigenvalue weighted by Crippen LogP contribution is -2.42. The molecule has 0 saturated heterocycles. The second-order valence-electron chi connectivity index (χ2n) is 5.56. The smallest absolute Gasteiger partial charge is 0.124 e. The van der Waals surface area contributed by atoms with E-state index in [1.54, 1.807) is 0 Å². The molecule has 0 unspecified atom stereocenters. The molecule has 0 atom stereocenters. The Bertz CT molecular complexity index is 588. The van der Waals surface area contributed by atoms with Crippen LogP contribution in [0.2, 0.25) is 5.02 Å². The Labute approximate surface area is 124 Å². The molecule has 2 rings (SSSR count). The van der Waals surface area contributed by atoms with Crippen LogP contribution < -0.4 is 0 Å². The van der Waals surface area contributed by atoms with Crippen molar-refractivity contribution in [3.63, 3.8) is 0 Å². The first-order valence-electron chi connectivity index (χ1n) is 6.24. The van der Waals surface area contributed by atoms with Crippen LogP contribution in [0.4, 0.5) is 0 Å². The van der Waals surface area contributed by atoms with Crippen LogP contribution in [0.25, 0.3) is 11.0 Å². The monoisotopic (exact) mass is 299 g/mol. The van der Waals surface area contributed by atoms with Crippen LogP contribution in [0, 0.1) is 0 Å². The van der Waals surface area contributed by atoms with Gasteiger partial charge in [-0.05, 0) is 40.1 Å². The van der Waals surface area contributed by atoms with Gasteiger partial charge in [0.1, 0.15) is 11.3 Å². The van der Waals surface area contributed by atoms with Gasteiger partial charge >= 0.3 is 0 Å².